The molecule has 0 saturated heterocycles. The SMILES string of the molecule is CNC[C@@H]1C[C@H]1c1ncc(Cl)cn1. The topological polar surface area (TPSA) is 37.8 Å². The van der Waals surface area contributed by atoms with Crippen LogP contribution in [0.1, 0.15) is 18.2 Å². The molecule has 0 aliphatic heterocycles. The van der Waals surface area contributed by atoms with Crippen molar-refractivity contribution in [1.82, 2.24) is 15.3 Å². The molecule has 0 amide bonds. The summed E-state index contributed by atoms with van der Waals surface area (Å²) in [6.45, 7) is 1.05. The molecule has 70 valence electrons. The van der Waals surface area contributed by atoms with Crippen LogP contribution in [-0.4, -0.2) is 23.6 Å². The lowest BCUT2D eigenvalue weighted by Gasteiger charge is -1.98. The second-order valence-corrected chi connectivity index (χ2v) is 3.86. The van der Waals surface area contributed by atoms with Crippen LogP contribution in [0.2, 0.25) is 5.02 Å². The summed E-state index contributed by atoms with van der Waals surface area (Å²) in [5.74, 6) is 2.19. The lowest BCUT2D eigenvalue weighted by Crippen LogP contribution is -2.10. The molecular weight excluding hydrogens is 186 g/mol. The van der Waals surface area contributed by atoms with Gasteiger partial charge in [-0.15, -0.1) is 0 Å². The Morgan fingerprint density at radius 3 is 2.85 bits per heavy atom. The van der Waals surface area contributed by atoms with Crippen LogP contribution in [0.25, 0.3) is 0 Å². The van der Waals surface area contributed by atoms with Crippen LogP contribution in [0.3, 0.4) is 0 Å². The molecule has 1 saturated carbocycles. The maximum atomic E-state index is 5.70. The highest BCUT2D eigenvalue weighted by Crippen LogP contribution is 2.45. The number of nitrogens with one attached hydrogen (secondary N) is 1. The molecule has 1 aliphatic rings. The Labute approximate surface area is 82.5 Å². The predicted octanol–water partition coefficient (Wildman–Crippen LogP) is 1.45. The molecule has 0 spiro atoms. The van der Waals surface area contributed by atoms with Crippen molar-refractivity contribution >= 4 is 11.6 Å². The van der Waals surface area contributed by atoms with Crippen molar-refractivity contribution in [1.29, 1.82) is 0 Å². The van der Waals surface area contributed by atoms with Crippen molar-refractivity contribution in [2.75, 3.05) is 13.6 Å². The Morgan fingerprint density at radius 1 is 1.54 bits per heavy atom. The minimum Gasteiger partial charge on any atom is -0.319 e. The van der Waals surface area contributed by atoms with Gasteiger partial charge in [0.2, 0.25) is 0 Å². The van der Waals surface area contributed by atoms with Gasteiger partial charge in [-0.3, -0.25) is 0 Å². The van der Waals surface area contributed by atoms with Crippen LogP contribution in [0.4, 0.5) is 0 Å². The van der Waals surface area contributed by atoms with Gasteiger partial charge in [-0.2, -0.15) is 0 Å². The second kappa shape index (κ2) is 3.60. The molecule has 0 unspecified atom stereocenters. The summed E-state index contributed by atoms with van der Waals surface area (Å²) in [5, 5.41) is 3.77. The van der Waals surface area contributed by atoms with E-state index in [2.05, 4.69) is 15.3 Å². The summed E-state index contributed by atoms with van der Waals surface area (Å²) in [7, 11) is 1.97. The van der Waals surface area contributed by atoms with Crippen LogP contribution < -0.4 is 5.32 Å². The summed E-state index contributed by atoms with van der Waals surface area (Å²) < 4.78 is 0. The zero-order chi connectivity index (χ0) is 9.26. The number of hydrogen-bond donors (Lipinski definition) is 1. The minimum atomic E-state index is 0.546. The fourth-order valence-electron chi connectivity index (χ4n) is 1.57. The fraction of sp³-hybridized carbons (Fsp3) is 0.556. The number of rotatable bonds is 3. The van der Waals surface area contributed by atoms with Crippen LogP contribution in [0, 0.1) is 5.92 Å². The van der Waals surface area contributed by atoms with Gasteiger partial charge < -0.3 is 5.32 Å². The van der Waals surface area contributed by atoms with Crippen molar-refractivity contribution in [3.63, 3.8) is 0 Å². The first-order valence-electron chi connectivity index (χ1n) is 4.43. The van der Waals surface area contributed by atoms with E-state index in [1.165, 1.54) is 6.42 Å². The maximum Gasteiger partial charge on any atom is 0.131 e. The lowest BCUT2D eigenvalue weighted by molar-refractivity contribution is 0.686. The van der Waals surface area contributed by atoms with E-state index < -0.39 is 0 Å². The van der Waals surface area contributed by atoms with Gasteiger partial charge in [-0.1, -0.05) is 11.6 Å². The zero-order valence-corrected chi connectivity index (χ0v) is 8.25. The van der Waals surface area contributed by atoms with Crippen LogP contribution in [-0.2, 0) is 0 Å². The summed E-state index contributed by atoms with van der Waals surface area (Å²) >= 11 is 5.70. The zero-order valence-electron chi connectivity index (χ0n) is 7.50. The van der Waals surface area contributed by atoms with Gasteiger partial charge in [0.15, 0.2) is 0 Å². The molecular formula is C9H12ClN3. The van der Waals surface area contributed by atoms with Crippen molar-refractivity contribution in [2.45, 2.75) is 12.3 Å². The fourth-order valence-corrected chi connectivity index (χ4v) is 1.66. The second-order valence-electron chi connectivity index (χ2n) is 3.42. The number of hydrogen-bond acceptors (Lipinski definition) is 3. The van der Waals surface area contributed by atoms with Crippen LogP contribution >= 0.6 is 11.6 Å². The van der Waals surface area contributed by atoms with Crippen LogP contribution in [0.15, 0.2) is 12.4 Å². The van der Waals surface area contributed by atoms with E-state index in [1.807, 2.05) is 7.05 Å². The molecule has 0 radical (unpaired) electrons. The molecule has 3 nitrogen and oxygen atoms in total. The predicted molar refractivity (Wildman–Crippen MR) is 51.8 cm³/mol. The molecule has 1 N–H and O–H groups in total. The van der Waals surface area contributed by atoms with E-state index >= 15 is 0 Å². The summed E-state index contributed by atoms with van der Waals surface area (Å²) in [6.07, 6.45) is 4.53. The maximum absolute atomic E-state index is 5.70. The van der Waals surface area contributed by atoms with E-state index in [9.17, 15) is 0 Å². The standard InChI is InChI=1S/C9H12ClN3/c1-11-3-6-2-8(6)9-12-4-7(10)5-13-9/h4-6,8,11H,2-3H2,1H3/t6-,8+/m0/s1. The van der Waals surface area contributed by atoms with E-state index in [-0.39, 0.29) is 0 Å². The Hall–Kier alpha value is -0.670. The molecule has 4 heteroatoms. The average Bonchev–Trinajstić information content (AvgIpc) is 2.86. The number of nitrogens with zero attached hydrogens (tertiary/aromatic N) is 2. The molecule has 2 rings (SSSR count). The number of halogens is 1. The van der Waals surface area contributed by atoms with Gasteiger partial charge in [0.25, 0.3) is 0 Å². The van der Waals surface area contributed by atoms with E-state index in [1.54, 1.807) is 12.4 Å². The average molecular weight is 198 g/mol. The Bertz CT molecular complexity index is 285. The quantitative estimate of drug-likeness (QED) is 0.797. The largest absolute Gasteiger partial charge is 0.319 e. The first kappa shape index (κ1) is 8.91. The minimum absolute atomic E-state index is 0.546. The molecule has 1 heterocycles. The lowest BCUT2D eigenvalue weighted by atomic mass is 10.3. The Kier molecular flexibility index (Phi) is 2.47. The molecule has 0 bridgehead atoms. The third kappa shape index (κ3) is 1.98. The summed E-state index contributed by atoms with van der Waals surface area (Å²) in [5.41, 5.74) is 0. The molecule has 1 fully saturated rings. The van der Waals surface area contributed by atoms with E-state index in [0.717, 1.165) is 12.4 Å². The van der Waals surface area contributed by atoms with Gasteiger partial charge in [0.05, 0.1) is 5.02 Å². The first-order valence-corrected chi connectivity index (χ1v) is 4.81. The van der Waals surface area contributed by atoms with Gasteiger partial charge in [0, 0.05) is 18.3 Å². The Balaban J connectivity index is 2.00. The molecule has 1 aliphatic carbocycles. The van der Waals surface area contributed by atoms with Crippen LogP contribution in [0.5, 0.6) is 0 Å². The van der Waals surface area contributed by atoms with Gasteiger partial charge in [-0.25, -0.2) is 9.97 Å². The monoisotopic (exact) mass is 197 g/mol. The van der Waals surface area contributed by atoms with Crippen molar-refractivity contribution in [3.05, 3.63) is 23.2 Å². The van der Waals surface area contributed by atoms with Gasteiger partial charge >= 0.3 is 0 Å². The normalized spacial score (nSPS) is 26.0. The van der Waals surface area contributed by atoms with Gasteiger partial charge in [0.1, 0.15) is 5.82 Å². The highest BCUT2D eigenvalue weighted by molar-refractivity contribution is 6.30. The molecule has 1 aromatic heterocycles. The summed E-state index contributed by atoms with van der Waals surface area (Å²) in [6, 6.07) is 0. The first-order chi connectivity index (χ1) is 6.31. The molecule has 0 aromatic carbocycles. The van der Waals surface area contributed by atoms with Crippen molar-refractivity contribution < 1.29 is 0 Å². The highest BCUT2D eigenvalue weighted by Gasteiger charge is 2.39. The molecule has 2 atom stereocenters. The van der Waals surface area contributed by atoms with E-state index in [0.29, 0.717) is 16.9 Å². The smallest absolute Gasteiger partial charge is 0.131 e. The molecule has 1 aromatic rings. The highest BCUT2D eigenvalue weighted by atomic mass is 35.5. The molecule has 13 heavy (non-hydrogen) atoms. The third-order valence-electron chi connectivity index (χ3n) is 2.36. The van der Waals surface area contributed by atoms with Gasteiger partial charge in [-0.05, 0) is 25.9 Å². The summed E-state index contributed by atoms with van der Waals surface area (Å²) in [4.78, 5) is 8.40. The third-order valence-corrected chi connectivity index (χ3v) is 2.56. The van der Waals surface area contributed by atoms with Crippen molar-refractivity contribution in [2.24, 2.45) is 5.92 Å². The van der Waals surface area contributed by atoms with Crippen molar-refractivity contribution in [3.8, 4) is 0 Å². The van der Waals surface area contributed by atoms with E-state index in [4.69, 9.17) is 11.6 Å². The number of aromatic nitrogens is 2. The Morgan fingerprint density at radius 2 is 2.23 bits per heavy atom.